The second-order valence-electron chi connectivity index (χ2n) is 8.23. The highest BCUT2D eigenvalue weighted by Gasteiger charge is 2.82. The number of hydrogen-bond donors (Lipinski definition) is 1. The molecule has 11 heteroatoms. The van der Waals surface area contributed by atoms with Crippen LogP contribution in [0.3, 0.4) is 0 Å². The van der Waals surface area contributed by atoms with E-state index in [1.54, 1.807) is 0 Å². The first-order chi connectivity index (χ1) is 14.6. The number of anilines is 1. The minimum Gasteiger partial charge on any atom is -0.467 e. The van der Waals surface area contributed by atoms with Gasteiger partial charge < -0.3 is 19.3 Å². The molecule has 4 fully saturated rings. The lowest BCUT2D eigenvalue weighted by Crippen LogP contribution is -2.57. The summed E-state index contributed by atoms with van der Waals surface area (Å²) in [7, 11) is 1.11. The Balaban J connectivity index is 1.65. The zero-order valence-electron chi connectivity index (χ0n) is 16.2. The molecule has 164 valence electrons. The van der Waals surface area contributed by atoms with Crippen LogP contribution >= 0.6 is 0 Å². The van der Waals surface area contributed by atoms with Gasteiger partial charge in [-0.3, -0.25) is 9.69 Å². The molecule has 1 spiro atoms. The molecule has 5 rings (SSSR count). The molecule has 0 aliphatic carbocycles. The number of carbonyl (C=O) groups excluding carboxylic acids is 2. The minimum atomic E-state index is -4.81. The third-order valence-corrected chi connectivity index (χ3v) is 6.93. The van der Waals surface area contributed by atoms with Gasteiger partial charge in [0.1, 0.15) is 6.23 Å². The Morgan fingerprint density at radius 2 is 2.16 bits per heavy atom. The van der Waals surface area contributed by atoms with Crippen LogP contribution in [0.1, 0.15) is 24.0 Å². The largest absolute Gasteiger partial charge is 0.467 e. The minimum absolute atomic E-state index is 0.0887. The van der Waals surface area contributed by atoms with Crippen molar-refractivity contribution in [3.63, 3.8) is 0 Å². The van der Waals surface area contributed by atoms with Crippen molar-refractivity contribution in [3.8, 4) is 6.07 Å². The van der Waals surface area contributed by atoms with Gasteiger partial charge >= 0.3 is 12.1 Å². The highest BCUT2D eigenvalue weighted by atomic mass is 19.4. The number of fused-ring (bicyclic) bond motifs is 2. The standard InChI is InChI=1S/C20H17F3N2O6/c1-29-17(28)19-12(26)7-18(31-19)4-5-30-16-14(18)13(19)15(27)25(16)10-3-2-9(8-24)11(6-10)20(21,22)23/h2-3,6,12-14,16,26H,4-5,7H2,1H3/t12-,13-,14+,16+,18+,19-/m0/s1. The Labute approximate surface area is 174 Å². The molecule has 31 heavy (non-hydrogen) atoms. The molecule has 4 aliphatic heterocycles. The van der Waals surface area contributed by atoms with Gasteiger partial charge in [0.15, 0.2) is 0 Å². The number of ether oxygens (including phenoxy) is 3. The van der Waals surface area contributed by atoms with Crippen molar-refractivity contribution in [2.75, 3.05) is 18.6 Å². The van der Waals surface area contributed by atoms with Gasteiger partial charge in [0, 0.05) is 24.4 Å². The molecule has 6 atom stereocenters. The molecule has 1 N–H and O–H groups in total. The van der Waals surface area contributed by atoms with E-state index in [0.29, 0.717) is 6.42 Å². The van der Waals surface area contributed by atoms with Crippen LogP contribution in [0.5, 0.6) is 0 Å². The zero-order valence-corrected chi connectivity index (χ0v) is 16.2. The van der Waals surface area contributed by atoms with Crippen LogP contribution < -0.4 is 4.90 Å². The van der Waals surface area contributed by atoms with E-state index in [4.69, 9.17) is 19.5 Å². The highest BCUT2D eigenvalue weighted by molar-refractivity contribution is 6.04. The maximum Gasteiger partial charge on any atom is 0.417 e. The number of aliphatic hydroxyl groups is 1. The fourth-order valence-corrected chi connectivity index (χ4v) is 5.77. The van der Waals surface area contributed by atoms with Crippen LogP contribution in [0, 0.1) is 23.2 Å². The van der Waals surface area contributed by atoms with Crippen molar-refractivity contribution in [2.24, 2.45) is 11.8 Å². The smallest absolute Gasteiger partial charge is 0.417 e. The average molecular weight is 438 g/mol. The lowest BCUT2D eigenvalue weighted by Gasteiger charge is -2.42. The van der Waals surface area contributed by atoms with E-state index >= 15 is 0 Å². The van der Waals surface area contributed by atoms with Gasteiger partial charge in [-0.1, -0.05) is 0 Å². The summed E-state index contributed by atoms with van der Waals surface area (Å²) in [6.45, 7) is 0.129. The van der Waals surface area contributed by atoms with Gasteiger partial charge in [-0.2, -0.15) is 18.4 Å². The monoisotopic (exact) mass is 438 g/mol. The van der Waals surface area contributed by atoms with E-state index in [9.17, 15) is 27.9 Å². The summed E-state index contributed by atoms with van der Waals surface area (Å²) in [6.07, 6.45) is -6.66. The molecule has 0 saturated carbocycles. The fourth-order valence-electron chi connectivity index (χ4n) is 5.77. The van der Waals surface area contributed by atoms with Crippen molar-refractivity contribution < 1.29 is 42.1 Å². The third kappa shape index (κ3) is 2.35. The summed E-state index contributed by atoms with van der Waals surface area (Å²) < 4.78 is 57.1. The Kier molecular flexibility index (Phi) is 4.04. The number of hydrogen-bond acceptors (Lipinski definition) is 7. The Hall–Kier alpha value is -2.68. The van der Waals surface area contributed by atoms with Gasteiger partial charge in [-0.15, -0.1) is 0 Å². The number of carbonyl (C=O) groups is 2. The molecule has 0 aromatic heterocycles. The van der Waals surface area contributed by atoms with Gasteiger partial charge in [-0.05, 0) is 18.2 Å². The summed E-state index contributed by atoms with van der Waals surface area (Å²) in [6, 6.07) is 4.46. The summed E-state index contributed by atoms with van der Waals surface area (Å²) >= 11 is 0. The molecular formula is C20H17F3N2O6. The zero-order chi connectivity index (χ0) is 22.3. The molecule has 4 saturated heterocycles. The van der Waals surface area contributed by atoms with Gasteiger partial charge in [-0.25, -0.2) is 4.79 Å². The summed E-state index contributed by atoms with van der Waals surface area (Å²) in [4.78, 5) is 27.3. The number of methoxy groups -OCH3 is 1. The second kappa shape index (κ2) is 6.18. The quantitative estimate of drug-likeness (QED) is 0.695. The van der Waals surface area contributed by atoms with Gasteiger partial charge in [0.2, 0.25) is 11.5 Å². The highest BCUT2D eigenvalue weighted by Crippen LogP contribution is 2.65. The van der Waals surface area contributed by atoms with E-state index in [1.807, 2.05) is 0 Å². The molecule has 0 unspecified atom stereocenters. The molecule has 0 radical (unpaired) electrons. The predicted octanol–water partition coefficient (Wildman–Crippen LogP) is 1.35. The van der Waals surface area contributed by atoms with Gasteiger partial charge in [0.05, 0.1) is 48.5 Å². The van der Waals surface area contributed by atoms with E-state index in [0.717, 1.165) is 24.1 Å². The number of amides is 1. The first-order valence-electron chi connectivity index (χ1n) is 9.63. The van der Waals surface area contributed by atoms with E-state index < -0.39 is 64.5 Å². The Morgan fingerprint density at radius 1 is 1.42 bits per heavy atom. The lowest BCUT2D eigenvalue weighted by molar-refractivity contribution is -0.183. The lowest BCUT2D eigenvalue weighted by atomic mass is 9.64. The van der Waals surface area contributed by atoms with E-state index in [1.165, 1.54) is 12.1 Å². The summed E-state index contributed by atoms with van der Waals surface area (Å²) in [5.41, 5.74) is -4.82. The van der Waals surface area contributed by atoms with Gasteiger partial charge in [0.25, 0.3) is 0 Å². The van der Waals surface area contributed by atoms with Crippen LogP contribution in [0.15, 0.2) is 18.2 Å². The number of nitrogens with zero attached hydrogens (tertiary/aromatic N) is 2. The third-order valence-electron chi connectivity index (χ3n) is 6.93. The van der Waals surface area contributed by atoms with Crippen molar-refractivity contribution >= 4 is 17.6 Å². The number of alkyl halides is 3. The van der Waals surface area contributed by atoms with Crippen LogP contribution in [0.2, 0.25) is 0 Å². The first-order valence-corrected chi connectivity index (χ1v) is 9.63. The van der Waals surface area contributed by atoms with Crippen molar-refractivity contribution in [2.45, 2.75) is 42.6 Å². The molecular weight excluding hydrogens is 421 g/mol. The van der Waals surface area contributed by atoms with E-state index in [2.05, 4.69) is 0 Å². The van der Waals surface area contributed by atoms with Crippen LogP contribution in [-0.4, -0.2) is 54.2 Å². The molecule has 4 heterocycles. The number of aliphatic hydroxyl groups excluding tert-OH is 1. The summed E-state index contributed by atoms with van der Waals surface area (Å²) in [5.74, 6) is -3.43. The number of halogens is 3. The fraction of sp³-hybridized carbons (Fsp3) is 0.550. The molecule has 8 nitrogen and oxygen atoms in total. The van der Waals surface area contributed by atoms with Crippen LogP contribution in [-0.2, 0) is 30.0 Å². The topological polar surface area (TPSA) is 109 Å². The SMILES string of the molecule is COC(=O)[C@@]12O[C@]3(CCO[C@@H]4[C@H]3[C@H]1C(=O)N4c1ccc(C#N)c(C(F)(F)F)c1)C[C@@H]2O. The van der Waals surface area contributed by atoms with Crippen molar-refractivity contribution in [1.82, 2.24) is 0 Å². The molecule has 1 amide bonds. The predicted molar refractivity (Wildman–Crippen MR) is 94.2 cm³/mol. The van der Waals surface area contributed by atoms with Crippen molar-refractivity contribution in [1.29, 1.82) is 5.26 Å². The first kappa shape index (κ1) is 20.2. The number of rotatable bonds is 2. The molecule has 1 aromatic rings. The van der Waals surface area contributed by atoms with E-state index in [-0.39, 0.29) is 18.7 Å². The van der Waals surface area contributed by atoms with Crippen LogP contribution in [0.4, 0.5) is 18.9 Å². The number of esters is 1. The molecule has 4 aliphatic rings. The number of nitriles is 1. The molecule has 2 bridgehead atoms. The summed E-state index contributed by atoms with van der Waals surface area (Å²) in [5, 5.41) is 19.7. The maximum atomic E-state index is 13.5. The second-order valence-corrected chi connectivity index (χ2v) is 8.23. The Morgan fingerprint density at radius 3 is 2.81 bits per heavy atom. The normalized spacial score (nSPS) is 38.2. The number of benzene rings is 1. The average Bonchev–Trinajstić information content (AvgIpc) is 3.31. The molecule has 1 aromatic carbocycles. The Bertz CT molecular complexity index is 1040. The van der Waals surface area contributed by atoms with Crippen molar-refractivity contribution in [3.05, 3.63) is 29.3 Å². The maximum absolute atomic E-state index is 13.5. The van der Waals surface area contributed by atoms with Crippen LogP contribution in [0.25, 0.3) is 0 Å².